The molecule has 0 fully saturated rings. The quantitative estimate of drug-likeness (QED) is 0.723. The molecule has 1 rings (SSSR count). The predicted molar refractivity (Wildman–Crippen MR) is 55.1 cm³/mol. The van der Waals surface area contributed by atoms with Crippen molar-refractivity contribution in [1.29, 1.82) is 0 Å². The van der Waals surface area contributed by atoms with Gasteiger partial charge in [0.05, 0.1) is 6.10 Å². The smallest absolute Gasteiger partial charge is 0.169 e. The first-order valence-electron chi connectivity index (χ1n) is 4.08. The van der Waals surface area contributed by atoms with Crippen LogP contribution in [0.25, 0.3) is 0 Å². The van der Waals surface area contributed by atoms with E-state index in [2.05, 4.69) is 9.36 Å². The minimum absolute atomic E-state index is 0.124. The monoisotopic (exact) mass is 219 g/mol. The number of hydrogen-bond acceptors (Lipinski definition) is 6. The third kappa shape index (κ3) is 4.04. The molecule has 1 unspecified atom stereocenters. The third-order valence-electron chi connectivity index (χ3n) is 1.40. The summed E-state index contributed by atoms with van der Waals surface area (Å²) in [5.74, 6) is 0.847. The predicted octanol–water partition coefficient (Wildman–Crippen LogP) is 0.994. The molecule has 0 saturated carbocycles. The maximum atomic E-state index is 5.53. The summed E-state index contributed by atoms with van der Waals surface area (Å²) >= 11 is 3.04. The summed E-state index contributed by atoms with van der Waals surface area (Å²) in [5.41, 5.74) is 5.53. The maximum absolute atomic E-state index is 5.53. The Labute approximate surface area is 86.1 Å². The van der Waals surface area contributed by atoms with Crippen molar-refractivity contribution in [3.8, 4) is 0 Å². The van der Waals surface area contributed by atoms with Gasteiger partial charge in [0.25, 0.3) is 0 Å². The van der Waals surface area contributed by atoms with Crippen LogP contribution in [0.1, 0.15) is 6.92 Å². The highest BCUT2D eigenvalue weighted by Gasteiger charge is 2.07. The molecule has 0 saturated heterocycles. The molecule has 13 heavy (non-hydrogen) atoms. The van der Waals surface area contributed by atoms with Gasteiger partial charge in [0.2, 0.25) is 0 Å². The SMILES string of the molecule is CCOC(CN)CSc1ncns1. The van der Waals surface area contributed by atoms with Gasteiger partial charge in [0, 0.05) is 18.9 Å². The van der Waals surface area contributed by atoms with Crippen molar-refractivity contribution in [3.63, 3.8) is 0 Å². The van der Waals surface area contributed by atoms with E-state index in [4.69, 9.17) is 10.5 Å². The zero-order chi connectivity index (χ0) is 9.52. The van der Waals surface area contributed by atoms with Gasteiger partial charge in [0.1, 0.15) is 6.33 Å². The van der Waals surface area contributed by atoms with Crippen LogP contribution >= 0.6 is 23.3 Å². The van der Waals surface area contributed by atoms with E-state index in [1.54, 1.807) is 18.1 Å². The Morgan fingerprint density at radius 2 is 2.62 bits per heavy atom. The minimum atomic E-state index is 0.124. The molecular formula is C7H13N3OS2. The van der Waals surface area contributed by atoms with E-state index in [0.717, 1.165) is 10.1 Å². The Morgan fingerprint density at radius 1 is 1.77 bits per heavy atom. The summed E-state index contributed by atoms with van der Waals surface area (Å²) in [4.78, 5) is 4.06. The van der Waals surface area contributed by atoms with E-state index < -0.39 is 0 Å². The van der Waals surface area contributed by atoms with Crippen LogP contribution in [-0.2, 0) is 4.74 Å². The van der Waals surface area contributed by atoms with Gasteiger partial charge < -0.3 is 10.5 Å². The van der Waals surface area contributed by atoms with Gasteiger partial charge in [-0.3, -0.25) is 0 Å². The molecule has 1 heterocycles. The average Bonchev–Trinajstić information content (AvgIpc) is 2.64. The Hall–Kier alpha value is -0.170. The first-order valence-corrected chi connectivity index (χ1v) is 5.83. The Bertz CT molecular complexity index is 218. The number of aromatic nitrogens is 2. The zero-order valence-electron chi connectivity index (χ0n) is 7.47. The van der Waals surface area contributed by atoms with Gasteiger partial charge in [-0.2, -0.15) is 4.37 Å². The first kappa shape index (κ1) is 10.9. The van der Waals surface area contributed by atoms with Gasteiger partial charge in [0.15, 0.2) is 4.34 Å². The van der Waals surface area contributed by atoms with Gasteiger partial charge >= 0.3 is 0 Å². The summed E-state index contributed by atoms with van der Waals surface area (Å²) in [6.45, 7) is 3.23. The number of ether oxygens (including phenoxy) is 1. The number of nitrogens with zero attached hydrogens (tertiary/aromatic N) is 2. The highest BCUT2D eigenvalue weighted by Crippen LogP contribution is 2.19. The normalized spacial score (nSPS) is 13.1. The highest BCUT2D eigenvalue weighted by molar-refractivity contribution is 8.00. The molecule has 4 nitrogen and oxygen atoms in total. The molecule has 0 spiro atoms. The molecule has 0 radical (unpaired) electrons. The fraction of sp³-hybridized carbons (Fsp3) is 0.714. The molecule has 0 aliphatic rings. The second-order valence-corrected chi connectivity index (χ2v) is 4.38. The number of rotatable bonds is 6. The molecule has 6 heteroatoms. The molecule has 0 aliphatic carbocycles. The van der Waals surface area contributed by atoms with Gasteiger partial charge in [-0.15, -0.1) is 0 Å². The molecule has 1 aromatic rings. The number of nitrogens with two attached hydrogens (primary N) is 1. The molecule has 1 aromatic heterocycles. The van der Waals surface area contributed by atoms with Crippen LogP contribution in [0.5, 0.6) is 0 Å². The van der Waals surface area contributed by atoms with Gasteiger partial charge in [-0.25, -0.2) is 4.98 Å². The van der Waals surface area contributed by atoms with Crippen LogP contribution in [0.15, 0.2) is 10.7 Å². The fourth-order valence-electron chi connectivity index (χ4n) is 0.811. The minimum Gasteiger partial charge on any atom is -0.376 e. The molecule has 74 valence electrons. The van der Waals surface area contributed by atoms with E-state index in [0.29, 0.717) is 13.2 Å². The van der Waals surface area contributed by atoms with Crippen molar-refractivity contribution in [2.24, 2.45) is 5.73 Å². The zero-order valence-corrected chi connectivity index (χ0v) is 9.11. The van der Waals surface area contributed by atoms with Crippen molar-refractivity contribution in [1.82, 2.24) is 9.36 Å². The summed E-state index contributed by atoms with van der Waals surface area (Å²) < 4.78 is 10.3. The molecular weight excluding hydrogens is 206 g/mol. The fourth-order valence-corrected chi connectivity index (χ4v) is 2.32. The van der Waals surface area contributed by atoms with Crippen LogP contribution in [0.3, 0.4) is 0 Å². The maximum Gasteiger partial charge on any atom is 0.169 e. The summed E-state index contributed by atoms with van der Waals surface area (Å²) in [6, 6.07) is 0. The van der Waals surface area contributed by atoms with E-state index in [1.165, 1.54) is 11.5 Å². The van der Waals surface area contributed by atoms with Crippen molar-refractivity contribution >= 4 is 23.3 Å². The standard InChI is InChI=1S/C7H13N3OS2/c1-2-11-6(3-8)4-12-7-9-5-10-13-7/h5-6H,2-4,8H2,1H3. The van der Waals surface area contributed by atoms with Crippen molar-refractivity contribution in [2.45, 2.75) is 17.4 Å². The van der Waals surface area contributed by atoms with Crippen LogP contribution < -0.4 is 5.73 Å². The Kier molecular flexibility index (Phi) is 5.29. The molecule has 0 bridgehead atoms. The first-order chi connectivity index (χ1) is 6.36. The van der Waals surface area contributed by atoms with Crippen LogP contribution in [0.2, 0.25) is 0 Å². The Balaban J connectivity index is 2.23. The lowest BCUT2D eigenvalue weighted by Crippen LogP contribution is -2.26. The van der Waals surface area contributed by atoms with E-state index in [9.17, 15) is 0 Å². The molecule has 2 N–H and O–H groups in total. The van der Waals surface area contributed by atoms with Crippen LogP contribution in [-0.4, -0.2) is 34.4 Å². The van der Waals surface area contributed by atoms with Crippen molar-refractivity contribution < 1.29 is 4.74 Å². The summed E-state index contributed by atoms with van der Waals surface area (Å²) in [5, 5.41) is 0. The lowest BCUT2D eigenvalue weighted by molar-refractivity contribution is 0.0858. The van der Waals surface area contributed by atoms with E-state index in [1.807, 2.05) is 6.92 Å². The number of hydrogen-bond donors (Lipinski definition) is 1. The summed E-state index contributed by atoms with van der Waals surface area (Å²) in [6.07, 6.45) is 1.68. The van der Waals surface area contributed by atoms with Gasteiger partial charge in [-0.05, 0) is 18.5 Å². The third-order valence-corrected chi connectivity index (χ3v) is 3.33. The van der Waals surface area contributed by atoms with Crippen molar-refractivity contribution in [3.05, 3.63) is 6.33 Å². The molecule has 0 aromatic carbocycles. The van der Waals surface area contributed by atoms with Crippen LogP contribution in [0.4, 0.5) is 0 Å². The average molecular weight is 219 g/mol. The Morgan fingerprint density at radius 3 is 3.15 bits per heavy atom. The summed E-state index contributed by atoms with van der Waals surface area (Å²) in [7, 11) is 0. The molecule has 1 atom stereocenters. The number of thioether (sulfide) groups is 1. The second kappa shape index (κ2) is 6.31. The molecule has 0 amide bonds. The topological polar surface area (TPSA) is 61.0 Å². The van der Waals surface area contributed by atoms with E-state index >= 15 is 0 Å². The van der Waals surface area contributed by atoms with Crippen LogP contribution in [0, 0.1) is 0 Å². The van der Waals surface area contributed by atoms with Gasteiger partial charge in [-0.1, -0.05) is 11.8 Å². The largest absolute Gasteiger partial charge is 0.376 e. The molecule has 0 aliphatic heterocycles. The lowest BCUT2D eigenvalue weighted by Gasteiger charge is -2.12. The van der Waals surface area contributed by atoms with Crippen molar-refractivity contribution in [2.75, 3.05) is 18.9 Å². The van der Waals surface area contributed by atoms with E-state index in [-0.39, 0.29) is 6.10 Å². The lowest BCUT2D eigenvalue weighted by atomic mass is 10.4. The second-order valence-electron chi connectivity index (χ2n) is 2.33. The highest BCUT2D eigenvalue weighted by atomic mass is 32.2.